The van der Waals surface area contributed by atoms with E-state index >= 15 is 0 Å². The summed E-state index contributed by atoms with van der Waals surface area (Å²) < 4.78 is 21.2. The van der Waals surface area contributed by atoms with Crippen LogP contribution in [0, 0.1) is 5.82 Å². The van der Waals surface area contributed by atoms with Gasteiger partial charge in [-0.2, -0.15) is 0 Å². The molecule has 0 aliphatic carbocycles. The summed E-state index contributed by atoms with van der Waals surface area (Å²) in [6.07, 6.45) is -0.862. The van der Waals surface area contributed by atoms with Crippen molar-refractivity contribution in [1.82, 2.24) is 9.88 Å². The molecule has 5 nitrogen and oxygen atoms in total. The number of aromatic nitrogens is 1. The van der Waals surface area contributed by atoms with Crippen LogP contribution in [0.4, 0.5) is 4.39 Å². The maximum atomic E-state index is 14.3. The van der Waals surface area contributed by atoms with Gasteiger partial charge < -0.3 is 19.7 Å². The number of rotatable bonds is 7. The number of halogens is 1. The molecule has 1 aromatic heterocycles. The lowest BCUT2D eigenvalue weighted by Gasteiger charge is -2.15. The van der Waals surface area contributed by atoms with Crippen molar-refractivity contribution in [3.8, 4) is 5.75 Å². The van der Waals surface area contributed by atoms with E-state index in [-0.39, 0.29) is 24.8 Å². The molecule has 0 bridgehead atoms. The van der Waals surface area contributed by atoms with Gasteiger partial charge in [0.05, 0.1) is 19.8 Å². The zero-order valence-electron chi connectivity index (χ0n) is 17.1. The van der Waals surface area contributed by atoms with Crippen LogP contribution in [0.3, 0.4) is 0 Å². The standard InChI is InChI=1S/C25H23FN2O3/c1-31-20-12-10-17(11-13-20)24(29)15-27-25(30)23-14-18-6-3-5-9-22(18)28(23)16-19-7-2-4-8-21(19)26/h2-14,24,29H,15-16H2,1H3,(H,27,30). The van der Waals surface area contributed by atoms with Gasteiger partial charge in [0.2, 0.25) is 0 Å². The fraction of sp³-hybridized carbons (Fsp3) is 0.160. The summed E-state index contributed by atoms with van der Waals surface area (Å²) in [5.41, 5.74) is 2.42. The molecule has 0 aliphatic rings. The van der Waals surface area contributed by atoms with Crippen LogP contribution in [-0.4, -0.2) is 29.2 Å². The van der Waals surface area contributed by atoms with E-state index in [2.05, 4.69) is 5.32 Å². The highest BCUT2D eigenvalue weighted by Gasteiger charge is 2.18. The normalized spacial score (nSPS) is 12.0. The highest BCUT2D eigenvalue weighted by Crippen LogP contribution is 2.23. The molecule has 0 spiro atoms. The fourth-order valence-corrected chi connectivity index (χ4v) is 3.59. The number of methoxy groups -OCH3 is 1. The Morgan fingerprint density at radius 1 is 1.06 bits per heavy atom. The monoisotopic (exact) mass is 418 g/mol. The number of fused-ring (bicyclic) bond motifs is 1. The van der Waals surface area contributed by atoms with Crippen molar-refractivity contribution >= 4 is 16.8 Å². The molecule has 0 saturated carbocycles. The Morgan fingerprint density at radius 2 is 1.77 bits per heavy atom. The number of carbonyl (C=O) groups excluding carboxylic acids is 1. The molecular formula is C25H23FN2O3. The van der Waals surface area contributed by atoms with Gasteiger partial charge in [0.15, 0.2) is 0 Å². The van der Waals surface area contributed by atoms with Gasteiger partial charge in [0.25, 0.3) is 5.91 Å². The van der Waals surface area contributed by atoms with E-state index in [1.54, 1.807) is 60.2 Å². The maximum Gasteiger partial charge on any atom is 0.268 e. The molecule has 158 valence electrons. The van der Waals surface area contributed by atoms with Crippen molar-refractivity contribution in [2.24, 2.45) is 0 Å². The van der Waals surface area contributed by atoms with Crippen molar-refractivity contribution in [3.63, 3.8) is 0 Å². The summed E-state index contributed by atoms with van der Waals surface area (Å²) in [6.45, 7) is 0.274. The molecular weight excluding hydrogens is 395 g/mol. The fourth-order valence-electron chi connectivity index (χ4n) is 3.59. The molecule has 31 heavy (non-hydrogen) atoms. The Morgan fingerprint density at radius 3 is 2.52 bits per heavy atom. The van der Waals surface area contributed by atoms with Crippen LogP contribution in [0.15, 0.2) is 78.9 Å². The lowest BCUT2D eigenvalue weighted by Crippen LogP contribution is -2.30. The number of carbonyl (C=O) groups is 1. The van der Waals surface area contributed by atoms with E-state index in [0.29, 0.717) is 22.6 Å². The van der Waals surface area contributed by atoms with E-state index in [9.17, 15) is 14.3 Å². The van der Waals surface area contributed by atoms with E-state index < -0.39 is 6.10 Å². The molecule has 0 saturated heterocycles. The average molecular weight is 418 g/mol. The number of nitrogens with one attached hydrogen (secondary N) is 1. The van der Waals surface area contributed by atoms with Crippen LogP contribution in [-0.2, 0) is 6.54 Å². The Kier molecular flexibility index (Phi) is 6.00. The quantitative estimate of drug-likeness (QED) is 0.470. The summed E-state index contributed by atoms with van der Waals surface area (Å²) in [4.78, 5) is 13.0. The van der Waals surface area contributed by atoms with Gasteiger partial charge in [0.1, 0.15) is 17.3 Å². The van der Waals surface area contributed by atoms with E-state index in [1.165, 1.54) is 6.07 Å². The highest BCUT2D eigenvalue weighted by molar-refractivity contribution is 5.98. The van der Waals surface area contributed by atoms with Crippen LogP contribution < -0.4 is 10.1 Å². The summed E-state index contributed by atoms with van der Waals surface area (Å²) in [6, 6.07) is 22.9. The minimum atomic E-state index is -0.862. The van der Waals surface area contributed by atoms with Gasteiger partial charge in [0, 0.05) is 23.0 Å². The number of benzene rings is 3. The first-order chi connectivity index (χ1) is 15.1. The Hall–Kier alpha value is -3.64. The summed E-state index contributed by atoms with van der Waals surface area (Å²) in [5, 5.41) is 14.1. The molecule has 0 radical (unpaired) electrons. The van der Waals surface area contributed by atoms with Crippen LogP contribution in [0.1, 0.15) is 27.7 Å². The van der Waals surface area contributed by atoms with Gasteiger partial charge >= 0.3 is 0 Å². The summed E-state index contributed by atoms with van der Waals surface area (Å²) in [5.74, 6) is 0.0410. The lowest BCUT2D eigenvalue weighted by molar-refractivity contribution is 0.0908. The molecule has 0 fully saturated rings. The van der Waals surface area contributed by atoms with Crippen molar-refractivity contribution in [2.45, 2.75) is 12.6 Å². The van der Waals surface area contributed by atoms with Gasteiger partial charge in [-0.15, -0.1) is 0 Å². The minimum Gasteiger partial charge on any atom is -0.497 e. The predicted molar refractivity (Wildman–Crippen MR) is 118 cm³/mol. The molecule has 6 heteroatoms. The van der Waals surface area contributed by atoms with Crippen molar-refractivity contribution in [3.05, 3.63) is 102 Å². The first-order valence-corrected chi connectivity index (χ1v) is 9.98. The third kappa shape index (κ3) is 4.44. The molecule has 2 N–H and O–H groups in total. The predicted octanol–water partition coefficient (Wildman–Crippen LogP) is 4.30. The molecule has 1 unspecified atom stereocenters. The summed E-state index contributed by atoms with van der Waals surface area (Å²) in [7, 11) is 1.58. The zero-order chi connectivity index (χ0) is 21.8. The number of amides is 1. The van der Waals surface area contributed by atoms with Crippen LogP contribution in [0.25, 0.3) is 10.9 Å². The SMILES string of the molecule is COc1ccc(C(O)CNC(=O)c2cc3ccccc3n2Cc2ccccc2F)cc1. The molecule has 1 heterocycles. The van der Waals surface area contributed by atoms with Crippen molar-refractivity contribution in [1.29, 1.82) is 0 Å². The first kappa shape index (κ1) is 20.6. The van der Waals surface area contributed by atoms with Gasteiger partial charge in [-0.25, -0.2) is 4.39 Å². The summed E-state index contributed by atoms with van der Waals surface area (Å²) >= 11 is 0. The Balaban J connectivity index is 1.56. The molecule has 0 aliphatic heterocycles. The largest absolute Gasteiger partial charge is 0.497 e. The third-order valence-electron chi connectivity index (χ3n) is 5.29. The van der Waals surface area contributed by atoms with Crippen molar-refractivity contribution < 1.29 is 19.0 Å². The topological polar surface area (TPSA) is 63.5 Å². The number of hydrogen-bond acceptors (Lipinski definition) is 3. The van der Waals surface area contributed by atoms with E-state index in [1.807, 2.05) is 24.3 Å². The minimum absolute atomic E-state index is 0.0480. The number of ether oxygens (including phenoxy) is 1. The third-order valence-corrected chi connectivity index (χ3v) is 5.29. The van der Waals surface area contributed by atoms with Crippen LogP contribution in [0.2, 0.25) is 0 Å². The molecule has 4 rings (SSSR count). The van der Waals surface area contributed by atoms with Gasteiger partial charge in [-0.3, -0.25) is 4.79 Å². The second kappa shape index (κ2) is 9.02. The smallest absolute Gasteiger partial charge is 0.268 e. The average Bonchev–Trinajstić information content (AvgIpc) is 3.17. The Bertz CT molecular complexity index is 1200. The van der Waals surface area contributed by atoms with E-state index in [0.717, 1.165) is 10.9 Å². The first-order valence-electron chi connectivity index (χ1n) is 9.98. The Labute approximate surface area is 179 Å². The molecule has 1 atom stereocenters. The second-order valence-electron chi connectivity index (χ2n) is 7.26. The highest BCUT2D eigenvalue weighted by atomic mass is 19.1. The molecule has 4 aromatic rings. The lowest BCUT2D eigenvalue weighted by atomic mass is 10.1. The zero-order valence-corrected chi connectivity index (χ0v) is 17.1. The molecule has 1 amide bonds. The number of aliphatic hydroxyl groups excluding tert-OH is 1. The number of nitrogens with zero attached hydrogens (tertiary/aromatic N) is 1. The molecule has 3 aromatic carbocycles. The van der Waals surface area contributed by atoms with E-state index in [4.69, 9.17) is 4.74 Å². The van der Waals surface area contributed by atoms with Gasteiger partial charge in [-0.05, 0) is 35.9 Å². The van der Waals surface area contributed by atoms with Crippen LogP contribution in [0.5, 0.6) is 5.75 Å². The maximum absolute atomic E-state index is 14.3. The van der Waals surface area contributed by atoms with Crippen LogP contribution >= 0.6 is 0 Å². The number of para-hydroxylation sites is 1. The number of aliphatic hydroxyl groups is 1. The second-order valence-corrected chi connectivity index (χ2v) is 7.26. The van der Waals surface area contributed by atoms with Gasteiger partial charge in [-0.1, -0.05) is 48.5 Å². The van der Waals surface area contributed by atoms with Crippen molar-refractivity contribution in [2.75, 3.05) is 13.7 Å². The number of hydrogen-bond donors (Lipinski definition) is 2.